The van der Waals surface area contributed by atoms with Crippen LogP contribution in [0, 0.1) is 0 Å². The first-order valence-electron chi connectivity index (χ1n) is 5.65. The summed E-state index contributed by atoms with van der Waals surface area (Å²) in [5, 5.41) is 6.55. The lowest BCUT2D eigenvalue weighted by atomic mass is 10.2. The minimum atomic E-state index is -0.380. The Kier molecular flexibility index (Phi) is 4.69. The Bertz CT molecular complexity index is 584. The summed E-state index contributed by atoms with van der Waals surface area (Å²) >= 11 is 3.40. The standard InChI is InChI=1S/C14H12BrN3O/c15-13-9-5-4-6-11(13)10-16-18-14(19)17-12-7-2-1-3-8-12/h1-10H,(H2,17,18,19). The van der Waals surface area contributed by atoms with Crippen LogP contribution < -0.4 is 10.7 Å². The van der Waals surface area contributed by atoms with Crippen LogP contribution in [0.3, 0.4) is 0 Å². The maximum atomic E-state index is 11.5. The highest BCUT2D eigenvalue weighted by atomic mass is 79.9. The molecule has 0 aromatic heterocycles. The molecule has 0 spiro atoms. The Hall–Kier alpha value is -2.14. The van der Waals surface area contributed by atoms with Crippen molar-refractivity contribution in [3.63, 3.8) is 0 Å². The predicted octanol–water partition coefficient (Wildman–Crippen LogP) is 3.60. The van der Waals surface area contributed by atoms with Gasteiger partial charge in [-0.3, -0.25) is 0 Å². The molecule has 2 aromatic carbocycles. The van der Waals surface area contributed by atoms with Gasteiger partial charge in [-0.25, -0.2) is 10.2 Å². The van der Waals surface area contributed by atoms with Crippen LogP contribution in [0.5, 0.6) is 0 Å². The van der Waals surface area contributed by atoms with Gasteiger partial charge in [-0.1, -0.05) is 52.3 Å². The molecule has 2 rings (SSSR count). The molecule has 0 radical (unpaired) electrons. The first kappa shape index (κ1) is 13.3. The minimum absolute atomic E-state index is 0.380. The molecule has 2 aromatic rings. The molecule has 5 heteroatoms. The van der Waals surface area contributed by atoms with Crippen molar-refractivity contribution in [1.82, 2.24) is 5.43 Å². The van der Waals surface area contributed by atoms with Gasteiger partial charge < -0.3 is 5.32 Å². The largest absolute Gasteiger partial charge is 0.339 e. The van der Waals surface area contributed by atoms with Crippen molar-refractivity contribution >= 4 is 33.9 Å². The van der Waals surface area contributed by atoms with Gasteiger partial charge in [0.15, 0.2) is 0 Å². The number of carbonyl (C=O) groups is 1. The van der Waals surface area contributed by atoms with Gasteiger partial charge in [-0.2, -0.15) is 5.10 Å². The fourth-order valence-corrected chi connectivity index (χ4v) is 1.81. The summed E-state index contributed by atoms with van der Waals surface area (Å²) in [5.41, 5.74) is 4.02. The molecule has 2 N–H and O–H groups in total. The van der Waals surface area contributed by atoms with Crippen LogP contribution in [-0.4, -0.2) is 12.2 Å². The van der Waals surface area contributed by atoms with Gasteiger partial charge in [-0.05, 0) is 18.2 Å². The van der Waals surface area contributed by atoms with Crippen LogP contribution in [0.25, 0.3) is 0 Å². The number of halogens is 1. The van der Waals surface area contributed by atoms with E-state index in [4.69, 9.17) is 0 Å². The number of nitrogens with zero attached hydrogens (tertiary/aromatic N) is 1. The van der Waals surface area contributed by atoms with Crippen LogP contribution in [-0.2, 0) is 0 Å². The van der Waals surface area contributed by atoms with Crippen LogP contribution in [0.15, 0.2) is 64.2 Å². The lowest BCUT2D eigenvalue weighted by molar-refractivity contribution is 0.252. The van der Waals surface area contributed by atoms with E-state index in [0.29, 0.717) is 0 Å². The SMILES string of the molecule is O=C(NN=Cc1ccccc1Br)Nc1ccccc1. The third-order valence-electron chi connectivity index (χ3n) is 2.31. The average molecular weight is 318 g/mol. The average Bonchev–Trinajstić information content (AvgIpc) is 2.42. The van der Waals surface area contributed by atoms with Crippen molar-refractivity contribution in [1.29, 1.82) is 0 Å². The van der Waals surface area contributed by atoms with E-state index in [-0.39, 0.29) is 6.03 Å². The number of nitrogens with one attached hydrogen (secondary N) is 2. The number of anilines is 1. The first-order valence-corrected chi connectivity index (χ1v) is 6.44. The monoisotopic (exact) mass is 317 g/mol. The number of rotatable bonds is 3. The summed E-state index contributed by atoms with van der Waals surface area (Å²) in [5.74, 6) is 0. The Labute approximate surface area is 119 Å². The topological polar surface area (TPSA) is 53.5 Å². The molecular formula is C14H12BrN3O. The van der Waals surface area contributed by atoms with Gasteiger partial charge in [0, 0.05) is 15.7 Å². The van der Waals surface area contributed by atoms with Crippen molar-refractivity contribution < 1.29 is 4.79 Å². The van der Waals surface area contributed by atoms with E-state index in [1.54, 1.807) is 18.3 Å². The molecule has 0 bridgehead atoms. The van der Waals surface area contributed by atoms with Crippen LogP contribution in [0.2, 0.25) is 0 Å². The van der Waals surface area contributed by atoms with Crippen molar-refractivity contribution in [3.8, 4) is 0 Å². The van der Waals surface area contributed by atoms with Crippen molar-refractivity contribution in [2.45, 2.75) is 0 Å². The minimum Gasteiger partial charge on any atom is -0.307 e. The molecular weight excluding hydrogens is 306 g/mol. The first-order chi connectivity index (χ1) is 9.25. The van der Waals surface area contributed by atoms with E-state index < -0.39 is 0 Å². The second kappa shape index (κ2) is 6.70. The van der Waals surface area contributed by atoms with Crippen molar-refractivity contribution in [3.05, 3.63) is 64.6 Å². The van der Waals surface area contributed by atoms with Crippen molar-refractivity contribution in [2.24, 2.45) is 5.10 Å². The van der Waals surface area contributed by atoms with Gasteiger partial charge in [0.25, 0.3) is 0 Å². The highest BCUT2D eigenvalue weighted by Gasteiger charge is 1.98. The number of amides is 2. The maximum Gasteiger partial charge on any atom is 0.339 e. The highest BCUT2D eigenvalue weighted by Crippen LogP contribution is 2.13. The number of carbonyl (C=O) groups excluding carboxylic acids is 1. The number of benzene rings is 2. The molecule has 0 aliphatic carbocycles. The Balaban J connectivity index is 1.89. The summed E-state index contributed by atoms with van der Waals surface area (Å²) < 4.78 is 0.920. The lowest BCUT2D eigenvalue weighted by Gasteiger charge is -2.03. The van der Waals surface area contributed by atoms with E-state index >= 15 is 0 Å². The third kappa shape index (κ3) is 4.22. The maximum absolute atomic E-state index is 11.5. The molecule has 4 nitrogen and oxygen atoms in total. The zero-order valence-corrected chi connectivity index (χ0v) is 11.6. The number of para-hydroxylation sites is 1. The number of hydrogen-bond acceptors (Lipinski definition) is 2. The molecule has 0 aliphatic rings. The lowest BCUT2D eigenvalue weighted by Crippen LogP contribution is -2.24. The Morgan fingerprint density at radius 1 is 1.05 bits per heavy atom. The van der Waals surface area contributed by atoms with E-state index in [1.807, 2.05) is 42.5 Å². The van der Waals surface area contributed by atoms with Crippen molar-refractivity contribution in [2.75, 3.05) is 5.32 Å². The predicted molar refractivity (Wildman–Crippen MR) is 80.3 cm³/mol. The van der Waals surface area contributed by atoms with Gasteiger partial charge in [0.1, 0.15) is 0 Å². The fraction of sp³-hybridized carbons (Fsp3) is 0. The second-order valence-electron chi connectivity index (χ2n) is 3.71. The molecule has 96 valence electrons. The number of hydrazone groups is 1. The van der Waals surface area contributed by atoms with E-state index in [1.165, 1.54) is 0 Å². The molecule has 0 unspecified atom stereocenters. The normalized spacial score (nSPS) is 10.4. The number of urea groups is 1. The van der Waals surface area contributed by atoms with Gasteiger partial charge >= 0.3 is 6.03 Å². The molecule has 0 aliphatic heterocycles. The van der Waals surface area contributed by atoms with E-state index in [2.05, 4.69) is 31.8 Å². The smallest absolute Gasteiger partial charge is 0.307 e. The summed E-state index contributed by atoms with van der Waals surface area (Å²) in [7, 11) is 0. The number of hydrogen-bond donors (Lipinski definition) is 2. The van der Waals surface area contributed by atoms with E-state index in [9.17, 15) is 4.79 Å². The quantitative estimate of drug-likeness (QED) is 0.659. The van der Waals surface area contributed by atoms with Crippen LogP contribution in [0.4, 0.5) is 10.5 Å². The Morgan fingerprint density at radius 3 is 2.47 bits per heavy atom. The summed E-state index contributed by atoms with van der Waals surface area (Å²) in [6.07, 6.45) is 1.58. The zero-order valence-electron chi connectivity index (χ0n) is 10.0. The summed E-state index contributed by atoms with van der Waals surface area (Å²) in [6, 6.07) is 16.4. The van der Waals surface area contributed by atoms with Gasteiger partial charge in [0.2, 0.25) is 0 Å². The van der Waals surface area contributed by atoms with Crippen LogP contribution in [0.1, 0.15) is 5.56 Å². The second-order valence-corrected chi connectivity index (χ2v) is 4.57. The molecule has 19 heavy (non-hydrogen) atoms. The highest BCUT2D eigenvalue weighted by molar-refractivity contribution is 9.10. The molecule has 0 fully saturated rings. The molecule has 2 amide bonds. The molecule has 0 heterocycles. The fourth-order valence-electron chi connectivity index (χ4n) is 1.42. The molecule has 0 atom stereocenters. The third-order valence-corrected chi connectivity index (χ3v) is 3.03. The molecule has 0 saturated heterocycles. The van der Waals surface area contributed by atoms with Gasteiger partial charge in [0.05, 0.1) is 6.21 Å². The summed E-state index contributed by atoms with van der Waals surface area (Å²) in [4.78, 5) is 11.5. The Morgan fingerprint density at radius 2 is 1.74 bits per heavy atom. The zero-order chi connectivity index (χ0) is 13.5. The van der Waals surface area contributed by atoms with Gasteiger partial charge in [-0.15, -0.1) is 0 Å². The van der Waals surface area contributed by atoms with Crippen LogP contribution >= 0.6 is 15.9 Å². The molecule has 0 saturated carbocycles. The van der Waals surface area contributed by atoms with E-state index in [0.717, 1.165) is 15.7 Å². The summed E-state index contributed by atoms with van der Waals surface area (Å²) in [6.45, 7) is 0.